The molecular formula is C26H24N2O2S. The first-order valence-corrected chi connectivity index (χ1v) is 10.9. The predicted molar refractivity (Wildman–Crippen MR) is 129 cm³/mol. The molecule has 3 aromatic carbocycles. The summed E-state index contributed by atoms with van der Waals surface area (Å²) >= 11 is 1.39. The Labute approximate surface area is 187 Å². The number of carbonyl (C=O) groups excluding carboxylic acids is 1. The molecule has 0 bridgehead atoms. The van der Waals surface area contributed by atoms with Gasteiger partial charge in [0, 0.05) is 7.05 Å². The molecular weight excluding hydrogens is 404 g/mol. The lowest BCUT2D eigenvalue weighted by molar-refractivity contribution is -0.121. The van der Waals surface area contributed by atoms with Gasteiger partial charge in [-0.3, -0.25) is 9.69 Å². The molecule has 0 radical (unpaired) electrons. The molecule has 0 atom stereocenters. The second-order valence-corrected chi connectivity index (χ2v) is 8.56. The number of thioether (sulfide) groups is 1. The van der Waals surface area contributed by atoms with Crippen molar-refractivity contribution in [2.75, 3.05) is 7.05 Å². The molecule has 0 unspecified atom stereocenters. The number of rotatable bonds is 5. The molecule has 4 nitrogen and oxygen atoms in total. The van der Waals surface area contributed by atoms with Crippen LogP contribution in [-0.2, 0) is 11.4 Å². The average Bonchev–Trinajstić information content (AvgIpc) is 3.03. The number of aliphatic imine (C=N–C) groups is 1. The maximum Gasteiger partial charge on any atom is 0.266 e. The van der Waals surface area contributed by atoms with E-state index >= 15 is 0 Å². The molecule has 1 fully saturated rings. The molecule has 0 N–H and O–H groups in total. The van der Waals surface area contributed by atoms with Crippen molar-refractivity contribution < 1.29 is 9.53 Å². The highest BCUT2D eigenvalue weighted by atomic mass is 32.2. The topological polar surface area (TPSA) is 41.9 Å². The van der Waals surface area contributed by atoms with Crippen LogP contribution in [0.15, 0.2) is 82.7 Å². The number of likely N-dealkylation sites (N-methyl/N-ethyl adjacent to an activating group) is 1. The molecule has 0 aliphatic carbocycles. The molecule has 1 heterocycles. The Balaban J connectivity index is 1.44. The largest absolute Gasteiger partial charge is 0.489 e. The van der Waals surface area contributed by atoms with E-state index in [9.17, 15) is 4.79 Å². The highest BCUT2D eigenvalue weighted by molar-refractivity contribution is 8.18. The van der Waals surface area contributed by atoms with Crippen LogP contribution in [0.2, 0.25) is 0 Å². The number of amides is 1. The first-order chi connectivity index (χ1) is 15.0. The van der Waals surface area contributed by atoms with Crippen LogP contribution in [0, 0.1) is 13.8 Å². The van der Waals surface area contributed by atoms with Crippen LogP contribution in [0.5, 0.6) is 5.75 Å². The van der Waals surface area contributed by atoms with Crippen molar-refractivity contribution >= 4 is 34.6 Å². The molecule has 0 aromatic heterocycles. The fourth-order valence-electron chi connectivity index (χ4n) is 3.16. The Morgan fingerprint density at radius 2 is 1.71 bits per heavy atom. The van der Waals surface area contributed by atoms with Crippen LogP contribution in [0.1, 0.15) is 22.3 Å². The van der Waals surface area contributed by atoms with Gasteiger partial charge in [-0.05, 0) is 67.1 Å². The van der Waals surface area contributed by atoms with Gasteiger partial charge < -0.3 is 4.74 Å². The van der Waals surface area contributed by atoms with E-state index in [1.165, 1.54) is 22.9 Å². The summed E-state index contributed by atoms with van der Waals surface area (Å²) in [5.41, 5.74) is 5.33. The number of carbonyl (C=O) groups is 1. The molecule has 5 heteroatoms. The number of benzene rings is 3. The summed E-state index contributed by atoms with van der Waals surface area (Å²) < 4.78 is 5.88. The Kier molecular flexibility index (Phi) is 6.23. The van der Waals surface area contributed by atoms with E-state index in [-0.39, 0.29) is 5.91 Å². The first-order valence-electron chi connectivity index (χ1n) is 10.1. The van der Waals surface area contributed by atoms with Crippen molar-refractivity contribution in [1.29, 1.82) is 0 Å². The van der Waals surface area contributed by atoms with Gasteiger partial charge in [0.25, 0.3) is 5.91 Å². The third-order valence-corrected chi connectivity index (χ3v) is 5.99. The zero-order chi connectivity index (χ0) is 21.8. The van der Waals surface area contributed by atoms with Gasteiger partial charge in [0.15, 0.2) is 5.17 Å². The van der Waals surface area contributed by atoms with Gasteiger partial charge in [-0.1, -0.05) is 59.7 Å². The maximum absolute atomic E-state index is 12.6. The standard InChI is InChI=1S/C26H24N2O2S/c1-18-7-11-22(12-8-18)27-26-28(3)25(29)24(31-26)16-20-9-13-23(14-10-20)30-17-21-6-4-5-19(2)15-21/h4-16H,17H2,1-3H3/b24-16+,27-26?. The Bertz CT molecular complexity index is 1150. The molecule has 1 saturated heterocycles. The molecule has 1 amide bonds. The summed E-state index contributed by atoms with van der Waals surface area (Å²) in [6, 6.07) is 24.0. The summed E-state index contributed by atoms with van der Waals surface area (Å²) in [6.45, 7) is 4.64. The summed E-state index contributed by atoms with van der Waals surface area (Å²) in [4.78, 5) is 19.5. The zero-order valence-corrected chi connectivity index (χ0v) is 18.6. The molecule has 0 saturated carbocycles. The molecule has 1 aliphatic rings. The van der Waals surface area contributed by atoms with E-state index in [0.29, 0.717) is 16.7 Å². The van der Waals surface area contributed by atoms with Crippen molar-refractivity contribution in [2.24, 2.45) is 4.99 Å². The minimum Gasteiger partial charge on any atom is -0.489 e. The summed E-state index contributed by atoms with van der Waals surface area (Å²) in [5.74, 6) is 0.753. The highest BCUT2D eigenvalue weighted by Crippen LogP contribution is 2.33. The van der Waals surface area contributed by atoms with Gasteiger partial charge in [-0.2, -0.15) is 0 Å². The van der Waals surface area contributed by atoms with Crippen LogP contribution in [0.25, 0.3) is 6.08 Å². The van der Waals surface area contributed by atoms with E-state index in [0.717, 1.165) is 22.6 Å². The summed E-state index contributed by atoms with van der Waals surface area (Å²) in [5, 5.41) is 0.679. The summed E-state index contributed by atoms with van der Waals surface area (Å²) in [7, 11) is 1.76. The fourth-order valence-corrected chi connectivity index (χ4v) is 4.15. The van der Waals surface area contributed by atoms with Crippen molar-refractivity contribution in [3.8, 4) is 5.75 Å². The van der Waals surface area contributed by atoms with Crippen molar-refractivity contribution in [3.63, 3.8) is 0 Å². The van der Waals surface area contributed by atoms with Gasteiger partial charge in [0.2, 0.25) is 0 Å². The monoisotopic (exact) mass is 428 g/mol. The molecule has 3 aromatic rings. The SMILES string of the molecule is Cc1ccc(N=C2S/C(=C/c3ccc(OCc4cccc(C)c4)cc3)C(=O)N2C)cc1. The Hall–Kier alpha value is -3.31. The van der Waals surface area contributed by atoms with Crippen LogP contribution in [0.3, 0.4) is 0 Å². The van der Waals surface area contributed by atoms with E-state index in [1.807, 2.05) is 67.6 Å². The fraction of sp³-hybridized carbons (Fsp3) is 0.154. The second-order valence-electron chi connectivity index (χ2n) is 7.55. The normalized spacial score (nSPS) is 16.4. The van der Waals surface area contributed by atoms with Crippen LogP contribution in [-0.4, -0.2) is 23.0 Å². The van der Waals surface area contributed by atoms with Crippen LogP contribution in [0.4, 0.5) is 5.69 Å². The second kappa shape index (κ2) is 9.23. The number of nitrogens with zero attached hydrogens (tertiary/aromatic N) is 2. The van der Waals surface area contributed by atoms with Crippen LogP contribution < -0.4 is 4.74 Å². The van der Waals surface area contributed by atoms with Gasteiger partial charge in [-0.25, -0.2) is 4.99 Å². The van der Waals surface area contributed by atoms with E-state index in [4.69, 9.17) is 4.74 Å². The average molecular weight is 429 g/mol. The number of ether oxygens (including phenoxy) is 1. The first kappa shape index (κ1) is 20.9. The lowest BCUT2D eigenvalue weighted by Crippen LogP contribution is -2.23. The Morgan fingerprint density at radius 3 is 2.42 bits per heavy atom. The van der Waals surface area contributed by atoms with Crippen molar-refractivity contribution in [3.05, 3.63) is 100.0 Å². The predicted octanol–water partition coefficient (Wildman–Crippen LogP) is 6.12. The quantitative estimate of drug-likeness (QED) is 0.460. The number of hydrogen-bond acceptors (Lipinski definition) is 4. The number of hydrogen-bond donors (Lipinski definition) is 0. The van der Waals surface area contributed by atoms with Gasteiger partial charge in [-0.15, -0.1) is 0 Å². The number of aryl methyl sites for hydroxylation is 2. The third kappa shape index (κ3) is 5.25. The van der Waals surface area contributed by atoms with E-state index < -0.39 is 0 Å². The minimum atomic E-state index is -0.0457. The lowest BCUT2D eigenvalue weighted by Gasteiger charge is -2.07. The lowest BCUT2D eigenvalue weighted by atomic mass is 10.1. The van der Waals surface area contributed by atoms with Crippen molar-refractivity contribution in [2.45, 2.75) is 20.5 Å². The van der Waals surface area contributed by atoms with E-state index in [1.54, 1.807) is 11.9 Å². The van der Waals surface area contributed by atoms with E-state index in [2.05, 4.69) is 30.1 Å². The third-order valence-electron chi connectivity index (χ3n) is 4.93. The van der Waals surface area contributed by atoms with Gasteiger partial charge in [0.1, 0.15) is 12.4 Å². The maximum atomic E-state index is 12.6. The summed E-state index contributed by atoms with van der Waals surface area (Å²) in [6.07, 6.45) is 1.89. The van der Waals surface area contributed by atoms with Gasteiger partial charge >= 0.3 is 0 Å². The molecule has 0 spiro atoms. The smallest absolute Gasteiger partial charge is 0.266 e. The van der Waals surface area contributed by atoms with Crippen molar-refractivity contribution in [1.82, 2.24) is 4.90 Å². The minimum absolute atomic E-state index is 0.0457. The molecule has 4 rings (SSSR count). The zero-order valence-electron chi connectivity index (χ0n) is 17.8. The molecule has 1 aliphatic heterocycles. The molecule has 156 valence electrons. The van der Waals surface area contributed by atoms with Gasteiger partial charge in [0.05, 0.1) is 10.6 Å². The highest BCUT2D eigenvalue weighted by Gasteiger charge is 2.30. The Morgan fingerprint density at radius 1 is 0.968 bits per heavy atom. The van der Waals surface area contributed by atoms with Crippen LogP contribution >= 0.6 is 11.8 Å². The molecule has 31 heavy (non-hydrogen) atoms. The number of amidine groups is 1.